The molecule has 84 valence electrons. The van der Waals surface area contributed by atoms with Crippen LogP contribution in [0.1, 0.15) is 19.3 Å². The SMILES string of the molecule is CSc1ccc(NC2=CC(=O)CCC2)cc1. The van der Waals surface area contributed by atoms with Gasteiger partial charge in [0, 0.05) is 28.8 Å². The average molecular weight is 233 g/mol. The van der Waals surface area contributed by atoms with Crippen LogP contribution in [0.5, 0.6) is 0 Å². The van der Waals surface area contributed by atoms with Crippen molar-refractivity contribution >= 4 is 23.2 Å². The van der Waals surface area contributed by atoms with Crippen LogP contribution in [-0.2, 0) is 4.79 Å². The summed E-state index contributed by atoms with van der Waals surface area (Å²) in [7, 11) is 0. The summed E-state index contributed by atoms with van der Waals surface area (Å²) >= 11 is 1.73. The van der Waals surface area contributed by atoms with E-state index >= 15 is 0 Å². The number of allylic oxidation sites excluding steroid dienone is 2. The number of anilines is 1. The first-order valence-corrected chi connectivity index (χ1v) is 6.65. The highest BCUT2D eigenvalue weighted by Crippen LogP contribution is 2.21. The maximum atomic E-state index is 11.2. The molecule has 3 heteroatoms. The molecule has 0 aromatic heterocycles. The summed E-state index contributed by atoms with van der Waals surface area (Å²) in [5.74, 6) is 0.231. The highest BCUT2D eigenvalue weighted by Gasteiger charge is 2.09. The van der Waals surface area contributed by atoms with Crippen molar-refractivity contribution in [2.75, 3.05) is 11.6 Å². The van der Waals surface area contributed by atoms with Gasteiger partial charge in [0.15, 0.2) is 5.78 Å². The van der Waals surface area contributed by atoms with Gasteiger partial charge in [0.1, 0.15) is 0 Å². The Morgan fingerprint density at radius 1 is 1.19 bits per heavy atom. The van der Waals surface area contributed by atoms with Gasteiger partial charge in [-0.15, -0.1) is 11.8 Å². The quantitative estimate of drug-likeness (QED) is 0.811. The molecule has 0 saturated carbocycles. The van der Waals surface area contributed by atoms with Gasteiger partial charge in [0.05, 0.1) is 0 Å². The first-order valence-electron chi connectivity index (χ1n) is 5.42. The number of ketones is 1. The Balaban J connectivity index is 2.05. The fourth-order valence-electron chi connectivity index (χ4n) is 1.75. The van der Waals surface area contributed by atoms with Gasteiger partial charge in [-0.2, -0.15) is 0 Å². The van der Waals surface area contributed by atoms with Crippen LogP contribution in [0.15, 0.2) is 40.9 Å². The Labute approximate surface area is 100 Å². The molecule has 0 unspecified atom stereocenters. The number of thioether (sulfide) groups is 1. The van der Waals surface area contributed by atoms with Crippen molar-refractivity contribution < 1.29 is 4.79 Å². The molecule has 1 aromatic rings. The summed E-state index contributed by atoms with van der Waals surface area (Å²) in [5, 5.41) is 3.29. The molecule has 2 rings (SSSR count). The molecule has 0 amide bonds. The molecule has 0 atom stereocenters. The molecule has 16 heavy (non-hydrogen) atoms. The molecule has 0 fully saturated rings. The Bertz CT molecular complexity index is 408. The largest absolute Gasteiger partial charge is 0.359 e. The summed E-state index contributed by atoms with van der Waals surface area (Å²) in [6, 6.07) is 8.26. The van der Waals surface area contributed by atoms with Crippen molar-refractivity contribution in [2.45, 2.75) is 24.2 Å². The maximum absolute atomic E-state index is 11.2. The summed E-state index contributed by atoms with van der Waals surface area (Å²) in [4.78, 5) is 12.5. The minimum Gasteiger partial charge on any atom is -0.359 e. The van der Waals surface area contributed by atoms with Gasteiger partial charge in [-0.25, -0.2) is 0 Å². The van der Waals surface area contributed by atoms with E-state index in [1.807, 2.05) is 12.1 Å². The van der Waals surface area contributed by atoms with E-state index in [1.165, 1.54) is 4.90 Å². The van der Waals surface area contributed by atoms with Gasteiger partial charge in [0.2, 0.25) is 0 Å². The van der Waals surface area contributed by atoms with Crippen molar-refractivity contribution in [2.24, 2.45) is 0 Å². The molecule has 0 heterocycles. The van der Waals surface area contributed by atoms with Crippen LogP contribution in [0.2, 0.25) is 0 Å². The second-order valence-corrected chi connectivity index (χ2v) is 4.72. The lowest BCUT2D eigenvalue weighted by molar-refractivity contribution is -0.115. The minimum absolute atomic E-state index is 0.231. The van der Waals surface area contributed by atoms with Gasteiger partial charge in [0.25, 0.3) is 0 Å². The number of hydrogen-bond acceptors (Lipinski definition) is 3. The monoisotopic (exact) mass is 233 g/mol. The lowest BCUT2D eigenvalue weighted by Gasteiger charge is -2.14. The number of hydrogen-bond donors (Lipinski definition) is 1. The highest BCUT2D eigenvalue weighted by molar-refractivity contribution is 7.98. The van der Waals surface area contributed by atoms with Crippen LogP contribution in [0.4, 0.5) is 5.69 Å². The first kappa shape index (κ1) is 11.3. The van der Waals surface area contributed by atoms with E-state index in [2.05, 4.69) is 23.7 Å². The predicted octanol–water partition coefficient (Wildman–Crippen LogP) is 3.46. The Hall–Kier alpha value is -1.22. The molecule has 0 spiro atoms. The number of rotatable bonds is 3. The van der Waals surface area contributed by atoms with Crippen LogP contribution in [0.25, 0.3) is 0 Å². The third kappa shape index (κ3) is 2.89. The molecule has 1 N–H and O–H groups in total. The molecule has 1 aromatic carbocycles. The smallest absolute Gasteiger partial charge is 0.157 e. The molecule has 0 bridgehead atoms. The fraction of sp³-hybridized carbons (Fsp3) is 0.308. The molecule has 1 aliphatic carbocycles. The topological polar surface area (TPSA) is 29.1 Å². The number of carbonyl (C=O) groups excluding carboxylic acids is 1. The first-order chi connectivity index (χ1) is 7.78. The van der Waals surface area contributed by atoms with Crippen molar-refractivity contribution in [3.05, 3.63) is 36.0 Å². The summed E-state index contributed by atoms with van der Waals surface area (Å²) < 4.78 is 0. The zero-order chi connectivity index (χ0) is 11.4. The zero-order valence-corrected chi connectivity index (χ0v) is 10.1. The maximum Gasteiger partial charge on any atom is 0.157 e. The summed E-state index contributed by atoms with van der Waals surface area (Å²) in [6.45, 7) is 0. The van der Waals surface area contributed by atoms with Gasteiger partial charge in [-0.3, -0.25) is 4.79 Å². The standard InChI is InChI=1S/C13H15NOS/c1-16-13-7-5-10(6-8-13)14-11-3-2-4-12(15)9-11/h5-9,14H,2-4H2,1H3. The van der Waals surface area contributed by atoms with Crippen molar-refractivity contribution in [1.29, 1.82) is 0 Å². The van der Waals surface area contributed by atoms with Crippen molar-refractivity contribution in [3.63, 3.8) is 0 Å². The van der Waals surface area contributed by atoms with Crippen molar-refractivity contribution in [3.8, 4) is 0 Å². The minimum atomic E-state index is 0.231. The Kier molecular flexibility index (Phi) is 3.67. The van der Waals surface area contributed by atoms with E-state index in [-0.39, 0.29) is 5.78 Å². The summed E-state index contributed by atoms with van der Waals surface area (Å²) in [6.07, 6.45) is 6.41. The molecular weight excluding hydrogens is 218 g/mol. The lowest BCUT2D eigenvalue weighted by atomic mass is 10.0. The van der Waals surface area contributed by atoms with Crippen LogP contribution >= 0.6 is 11.8 Å². The third-order valence-corrected chi connectivity index (χ3v) is 3.34. The van der Waals surface area contributed by atoms with Gasteiger partial charge in [-0.1, -0.05) is 0 Å². The van der Waals surface area contributed by atoms with E-state index < -0.39 is 0 Å². The second kappa shape index (κ2) is 5.21. The molecule has 0 radical (unpaired) electrons. The Morgan fingerprint density at radius 3 is 2.56 bits per heavy atom. The van der Waals surface area contributed by atoms with Crippen LogP contribution < -0.4 is 5.32 Å². The van der Waals surface area contributed by atoms with Gasteiger partial charge in [-0.05, 0) is 43.4 Å². The number of benzene rings is 1. The van der Waals surface area contributed by atoms with Crippen LogP contribution in [-0.4, -0.2) is 12.0 Å². The van der Waals surface area contributed by atoms with Gasteiger partial charge >= 0.3 is 0 Å². The molecular formula is C13H15NOS. The van der Waals surface area contributed by atoms with Crippen LogP contribution in [0.3, 0.4) is 0 Å². The average Bonchev–Trinajstić information content (AvgIpc) is 2.30. The zero-order valence-electron chi connectivity index (χ0n) is 9.32. The Morgan fingerprint density at radius 2 is 1.94 bits per heavy atom. The van der Waals surface area contributed by atoms with E-state index in [9.17, 15) is 4.79 Å². The normalized spacial score (nSPS) is 15.8. The second-order valence-electron chi connectivity index (χ2n) is 3.84. The molecule has 0 saturated heterocycles. The van der Waals surface area contributed by atoms with E-state index in [0.29, 0.717) is 6.42 Å². The third-order valence-electron chi connectivity index (χ3n) is 2.60. The lowest BCUT2D eigenvalue weighted by Crippen LogP contribution is -2.08. The molecule has 0 aliphatic heterocycles. The van der Waals surface area contributed by atoms with Gasteiger partial charge < -0.3 is 5.32 Å². The predicted molar refractivity (Wildman–Crippen MR) is 68.8 cm³/mol. The summed E-state index contributed by atoms with van der Waals surface area (Å²) in [5.41, 5.74) is 2.09. The van der Waals surface area contributed by atoms with E-state index in [0.717, 1.165) is 24.2 Å². The number of nitrogens with one attached hydrogen (secondary N) is 1. The molecule has 2 nitrogen and oxygen atoms in total. The number of carbonyl (C=O) groups is 1. The van der Waals surface area contributed by atoms with E-state index in [4.69, 9.17) is 0 Å². The van der Waals surface area contributed by atoms with Crippen LogP contribution in [0, 0.1) is 0 Å². The molecule has 1 aliphatic rings. The van der Waals surface area contributed by atoms with E-state index in [1.54, 1.807) is 17.8 Å². The van der Waals surface area contributed by atoms with Crippen molar-refractivity contribution in [1.82, 2.24) is 0 Å². The fourth-order valence-corrected chi connectivity index (χ4v) is 2.16. The highest BCUT2D eigenvalue weighted by atomic mass is 32.2.